The molecule has 0 saturated heterocycles. The van der Waals surface area contributed by atoms with Gasteiger partial charge in [-0.25, -0.2) is 19.3 Å². The Kier molecular flexibility index (Phi) is 6.63. The highest BCUT2D eigenvalue weighted by molar-refractivity contribution is 6.62. The van der Waals surface area contributed by atoms with Gasteiger partial charge in [0, 0.05) is 12.2 Å². The van der Waals surface area contributed by atoms with E-state index < -0.39 is 35.6 Å². The van der Waals surface area contributed by atoms with Crippen LogP contribution in [0.25, 0.3) is 5.53 Å². The zero-order valence-electron chi connectivity index (χ0n) is 16.4. The highest BCUT2D eigenvalue weighted by Gasteiger charge is 2.49. The van der Waals surface area contributed by atoms with E-state index in [9.17, 15) is 24.7 Å². The summed E-state index contributed by atoms with van der Waals surface area (Å²) in [5, 5.41) is 0. The van der Waals surface area contributed by atoms with E-state index in [2.05, 4.69) is 9.53 Å². The van der Waals surface area contributed by atoms with Gasteiger partial charge in [-0.3, -0.25) is 9.69 Å². The monoisotopic (exact) mass is 400 g/mol. The molecule has 29 heavy (non-hydrogen) atoms. The number of ether oxygens (including phenoxy) is 2. The van der Waals surface area contributed by atoms with Gasteiger partial charge in [0.25, 0.3) is 0 Å². The van der Waals surface area contributed by atoms with E-state index in [4.69, 9.17) is 4.74 Å². The summed E-state index contributed by atoms with van der Waals surface area (Å²) in [6, 6.07) is 6.30. The maximum atomic E-state index is 13.1. The number of allylic oxidation sites excluding steroid dienone is 1. The molecule has 0 unspecified atom stereocenters. The molecule has 1 aromatic carbocycles. The average molecular weight is 400 g/mol. The highest BCUT2D eigenvalue weighted by Crippen LogP contribution is 2.37. The minimum Gasteiger partial charge on any atom is -0.466 e. The third-order valence-electron chi connectivity index (χ3n) is 4.50. The quantitative estimate of drug-likeness (QED) is 0.241. The van der Waals surface area contributed by atoms with Crippen LogP contribution in [0.5, 0.6) is 0 Å². The molecule has 2 rings (SSSR count). The van der Waals surface area contributed by atoms with Gasteiger partial charge in [-0.15, -0.1) is 0 Å². The summed E-state index contributed by atoms with van der Waals surface area (Å²) in [5.41, 5.74) is 8.95. The van der Waals surface area contributed by atoms with Crippen LogP contribution in [0.4, 0.5) is 4.79 Å². The maximum Gasteiger partial charge on any atom is 0.463 e. The number of carbonyl (C=O) groups excluding carboxylic acids is 4. The van der Waals surface area contributed by atoms with Crippen molar-refractivity contribution in [2.45, 2.75) is 19.9 Å². The molecule has 0 aliphatic carbocycles. The predicted molar refractivity (Wildman–Crippen MR) is 99.2 cm³/mol. The Labute approximate surface area is 166 Å². The van der Waals surface area contributed by atoms with Crippen LogP contribution in [0.15, 0.2) is 41.6 Å². The van der Waals surface area contributed by atoms with Crippen molar-refractivity contribution in [1.82, 2.24) is 9.80 Å². The van der Waals surface area contributed by atoms with Crippen LogP contribution in [-0.2, 0) is 23.9 Å². The lowest BCUT2D eigenvalue weighted by Crippen LogP contribution is -2.55. The predicted octanol–water partition coefficient (Wildman–Crippen LogP) is 1.30. The normalized spacial score (nSPS) is 16.3. The van der Waals surface area contributed by atoms with Crippen LogP contribution < -0.4 is 0 Å². The van der Waals surface area contributed by atoms with Crippen LogP contribution in [-0.4, -0.2) is 64.9 Å². The molecule has 0 saturated carbocycles. The van der Waals surface area contributed by atoms with Gasteiger partial charge in [0.05, 0.1) is 19.8 Å². The number of imide groups is 1. The number of esters is 2. The molecule has 152 valence electrons. The van der Waals surface area contributed by atoms with Gasteiger partial charge in [-0.2, -0.15) is 4.79 Å². The lowest BCUT2D eigenvalue weighted by Gasteiger charge is -2.40. The average Bonchev–Trinajstić information content (AvgIpc) is 2.73. The summed E-state index contributed by atoms with van der Waals surface area (Å²) < 4.78 is 9.33. The molecule has 1 aliphatic rings. The van der Waals surface area contributed by atoms with E-state index >= 15 is 0 Å². The minimum absolute atomic E-state index is 0.0376. The van der Waals surface area contributed by atoms with Crippen LogP contribution in [0.1, 0.15) is 25.5 Å². The number of hydrogen-bond acceptors (Lipinski definition) is 6. The molecule has 0 bridgehead atoms. The molecule has 1 aliphatic heterocycles. The Morgan fingerprint density at radius 3 is 2.24 bits per heavy atom. The molecular weight excluding hydrogens is 380 g/mol. The molecule has 0 N–H and O–H groups in total. The number of hydrogen-bond donors (Lipinski definition) is 0. The molecule has 0 spiro atoms. The molecule has 3 amide bonds. The Hall–Kier alpha value is -3.78. The second kappa shape index (κ2) is 8.94. The molecule has 0 aromatic heterocycles. The van der Waals surface area contributed by atoms with Crippen LogP contribution >= 0.6 is 0 Å². The first-order valence-corrected chi connectivity index (χ1v) is 8.63. The number of nitrogens with zero attached hydrogens (tertiary/aromatic N) is 4. The fourth-order valence-electron chi connectivity index (χ4n) is 3.13. The first kappa shape index (κ1) is 21.5. The van der Waals surface area contributed by atoms with Crippen molar-refractivity contribution in [1.29, 1.82) is 0 Å². The molecule has 1 aromatic rings. The lowest BCUT2D eigenvalue weighted by atomic mass is 9.92. The fourth-order valence-corrected chi connectivity index (χ4v) is 3.13. The number of rotatable bonds is 5. The van der Waals surface area contributed by atoms with E-state index in [1.165, 1.54) is 12.0 Å². The van der Waals surface area contributed by atoms with Crippen molar-refractivity contribution in [3.8, 4) is 0 Å². The third kappa shape index (κ3) is 3.78. The summed E-state index contributed by atoms with van der Waals surface area (Å²) in [7, 11) is 2.17. The van der Waals surface area contributed by atoms with E-state index in [-0.39, 0.29) is 12.1 Å². The number of urea groups is 1. The smallest absolute Gasteiger partial charge is 0.463 e. The molecule has 0 radical (unpaired) electrons. The second-order valence-electron chi connectivity index (χ2n) is 5.95. The molecule has 1 atom stereocenters. The van der Waals surface area contributed by atoms with Gasteiger partial charge in [0.2, 0.25) is 0 Å². The van der Waals surface area contributed by atoms with E-state index in [1.807, 2.05) is 0 Å². The zero-order valence-corrected chi connectivity index (χ0v) is 16.4. The summed E-state index contributed by atoms with van der Waals surface area (Å²) in [5.74, 6) is -3.20. The Morgan fingerprint density at radius 2 is 1.76 bits per heavy atom. The summed E-state index contributed by atoms with van der Waals surface area (Å²) in [6.45, 7) is 3.36. The van der Waals surface area contributed by atoms with Gasteiger partial charge in [0.15, 0.2) is 0 Å². The van der Waals surface area contributed by atoms with Gasteiger partial charge >= 0.3 is 29.6 Å². The molecule has 10 nitrogen and oxygen atoms in total. The van der Waals surface area contributed by atoms with E-state index in [0.717, 1.165) is 7.11 Å². The number of methoxy groups -OCH3 is 2. The van der Waals surface area contributed by atoms with Crippen molar-refractivity contribution in [2.75, 3.05) is 20.8 Å². The van der Waals surface area contributed by atoms with Gasteiger partial charge in [-0.05, 0) is 19.4 Å². The van der Waals surface area contributed by atoms with Gasteiger partial charge in [0.1, 0.15) is 6.04 Å². The Balaban J connectivity index is 2.80. The lowest BCUT2D eigenvalue weighted by molar-refractivity contribution is -0.142. The number of amides is 3. The Morgan fingerprint density at radius 1 is 1.14 bits per heavy atom. The van der Waals surface area contributed by atoms with Crippen molar-refractivity contribution in [3.63, 3.8) is 0 Å². The van der Waals surface area contributed by atoms with Crippen LogP contribution in [0.3, 0.4) is 0 Å². The van der Waals surface area contributed by atoms with Crippen molar-refractivity contribution in [3.05, 3.63) is 52.7 Å². The third-order valence-corrected chi connectivity index (χ3v) is 4.50. The number of carbonyl (C=O) groups is 4. The zero-order chi connectivity index (χ0) is 21.7. The van der Waals surface area contributed by atoms with E-state index in [1.54, 1.807) is 44.2 Å². The first-order chi connectivity index (χ1) is 13.8. The second-order valence-corrected chi connectivity index (χ2v) is 5.95. The van der Waals surface area contributed by atoms with Crippen LogP contribution in [0, 0.1) is 0 Å². The largest absolute Gasteiger partial charge is 0.466 e. The summed E-state index contributed by atoms with van der Waals surface area (Å²) in [6.07, 6.45) is 0. The molecule has 0 fully saturated rings. The molecule has 10 heteroatoms. The first-order valence-electron chi connectivity index (χ1n) is 8.63. The Bertz CT molecular complexity index is 933. The molecule has 1 heterocycles. The van der Waals surface area contributed by atoms with Gasteiger partial charge in [-0.1, -0.05) is 30.3 Å². The SMILES string of the molecule is CCN1C(=O)N(C(=O)C(=[N+]=[N-])C(=O)OC)[C@@H](c2ccccc2)C(C(=O)OC)=C1C. The van der Waals surface area contributed by atoms with E-state index in [0.29, 0.717) is 16.2 Å². The summed E-state index contributed by atoms with van der Waals surface area (Å²) >= 11 is 0. The highest BCUT2D eigenvalue weighted by atomic mass is 16.5. The standard InChI is InChI=1S/C19H20N4O6/c1-5-22-11(2)13(17(25)28-3)15(12-9-7-6-8-10-12)23(19(22)27)16(24)14(21-20)18(26)29-4/h6-10,15H,5H2,1-4H3/t15-/m0/s1. The minimum atomic E-state index is -1.23. The summed E-state index contributed by atoms with van der Waals surface area (Å²) in [4.78, 5) is 55.3. The van der Waals surface area contributed by atoms with Crippen molar-refractivity contribution >= 4 is 29.6 Å². The number of benzene rings is 1. The fraction of sp³-hybridized carbons (Fsp3) is 0.316. The molecular formula is C19H20N4O6. The van der Waals surface area contributed by atoms with Crippen molar-refractivity contribution < 1.29 is 33.4 Å². The maximum absolute atomic E-state index is 13.1. The van der Waals surface area contributed by atoms with Crippen LogP contribution in [0.2, 0.25) is 0 Å². The van der Waals surface area contributed by atoms with Crippen molar-refractivity contribution in [2.24, 2.45) is 0 Å². The topological polar surface area (TPSA) is 130 Å². The van der Waals surface area contributed by atoms with Gasteiger partial charge < -0.3 is 15.0 Å².